The Morgan fingerprint density at radius 3 is 2.45 bits per heavy atom. The van der Waals surface area contributed by atoms with Crippen molar-refractivity contribution in [1.29, 1.82) is 0 Å². The van der Waals surface area contributed by atoms with E-state index < -0.39 is 12.1 Å². The summed E-state index contributed by atoms with van der Waals surface area (Å²) < 4.78 is 0. The third kappa shape index (κ3) is 4.23. The van der Waals surface area contributed by atoms with E-state index in [-0.39, 0.29) is 65.1 Å². The first kappa shape index (κ1) is 24.9. The highest BCUT2D eigenvalue weighted by molar-refractivity contribution is 5.81. The van der Waals surface area contributed by atoms with Crippen molar-refractivity contribution in [1.82, 2.24) is 5.32 Å². The van der Waals surface area contributed by atoms with Gasteiger partial charge in [-0.2, -0.15) is 0 Å². The van der Waals surface area contributed by atoms with Crippen molar-refractivity contribution in [2.45, 2.75) is 96.9 Å². The van der Waals surface area contributed by atoms with Gasteiger partial charge in [0.2, 0.25) is 5.91 Å². The van der Waals surface area contributed by atoms with E-state index in [0.717, 1.165) is 38.5 Å². The fourth-order valence-electron chi connectivity index (χ4n) is 8.95. The molecule has 188 valence electrons. The predicted molar refractivity (Wildman–Crippen MR) is 123 cm³/mol. The maximum Gasteiger partial charge on any atom is 0.322 e. The van der Waals surface area contributed by atoms with Crippen LogP contribution in [0.5, 0.6) is 0 Å². The van der Waals surface area contributed by atoms with Crippen LogP contribution < -0.4 is 5.32 Å². The molecule has 4 aliphatic carbocycles. The first-order valence-electron chi connectivity index (χ1n) is 13.0. The topological polar surface area (TPSA) is 127 Å². The maximum atomic E-state index is 12.0. The van der Waals surface area contributed by atoms with Crippen LogP contribution >= 0.6 is 0 Å². The number of nitrogens with one attached hydrogen (secondary N) is 1. The highest BCUT2D eigenvalue weighted by Gasteiger charge is 2.65. The molecular formula is C26H43NO6. The lowest BCUT2D eigenvalue weighted by Crippen LogP contribution is -2.62. The first-order valence-corrected chi connectivity index (χ1v) is 13.0. The van der Waals surface area contributed by atoms with Crippen molar-refractivity contribution in [3.8, 4) is 0 Å². The second-order valence-electron chi connectivity index (χ2n) is 12.2. The van der Waals surface area contributed by atoms with Crippen LogP contribution in [0.3, 0.4) is 0 Å². The Labute approximate surface area is 197 Å². The summed E-state index contributed by atoms with van der Waals surface area (Å²) in [6, 6.07) is 0. The number of rotatable bonds is 6. The van der Waals surface area contributed by atoms with Crippen LogP contribution in [0.25, 0.3) is 0 Å². The van der Waals surface area contributed by atoms with Crippen LogP contribution in [-0.4, -0.2) is 57.2 Å². The number of hydrogen-bond acceptors (Lipinski definition) is 5. The summed E-state index contributed by atoms with van der Waals surface area (Å²) in [5.74, 6) is 0.265. The minimum atomic E-state index is -1.04. The van der Waals surface area contributed by atoms with Crippen LogP contribution in [-0.2, 0) is 9.59 Å². The zero-order chi connectivity index (χ0) is 24.1. The number of aliphatic carboxylic acids is 1. The second kappa shape index (κ2) is 9.12. The molecule has 11 atom stereocenters. The van der Waals surface area contributed by atoms with E-state index in [1.807, 2.05) is 0 Å². The summed E-state index contributed by atoms with van der Waals surface area (Å²) in [4.78, 5) is 22.7. The molecule has 4 rings (SSSR count). The lowest BCUT2D eigenvalue weighted by atomic mass is 9.43. The third-order valence-electron chi connectivity index (χ3n) is 10.8. The average Bonchev–Trinajstić information content (AvgIpc) is 3.11. The monoisotopic (exact) mass is 465 g/mol. The Kier molecular flexibility index (Phi) is 6.89. The molecule has 0 bridgehead atoms. The summed E-state index contributed by atoms with van der Waals surface area (Å²) in [7, 11) is 0. The minimum Gasteiger partial charge on any atom is -0.480 e. The fraction of sp³-hybridized carbons (Fsp3) is 0.923. The van der Waals surface area contributed by atoms with Gasteiger partial charge in [-0.3, -0.25) is 9.59 Å². The SMILES string of the molecule is C[C@H](CCC(=O)NCC(=O)O)[C@H]1CCC2[C@H]3[C@H](O)CC4C[C@H](O)CC[C@]4(C)[C@@H]3C[C@H](O)[C@@]21C. The Morgan fingerprint density at radius 1 is 1.03 bits per heavy atom. The van der Waals surface area contributed by atoms with E-state index in [9.17, 15) is 24.9 Å². The number of carboxylic acid groups (broad SMARTS) is 1. The Hall–Kier alpha value is -1.18. The molecule has 33 heavy (non-hydrogen) atoms. The molecule has 4 saturated carbocycles. The van der Waals surface area contributed by atoms with Gasteiger partial charge in [0.15, 0.2) is 0 Å². The molecule has 0 aromatic heterocycles. The molecule has 7 nitrogen and oxygen atoms in total. The molecule has 4 fully saturated rings. The van der Waals surface area contributed by atoms with E-state index in [1.165, 1.54) is 0 Å². The van der Waals surface area contributed by atoms with E-state index in [1.54, 1.807) is 0 Å². The van der Waals surface area contributed by atoms with Crippen molar-refractivity contribution >= 4 is 11.9 Å². The molecule has 5 N–H and O–H groups in total. The maximum absolute atomic E-state index is 12.0. The van der Waals surface area contributed by atoms with Crippen molar-refractivity contribution in [2.24, 2.45) is 46.3 Å². The van der Waals surface area contributed by atoms with Gasteiger partial charge in [0.05, 0.1) is 18.3 Å². The molecule has 4 aliphatic rings. The van der Waals surface area contributed by atoms with Crippen molar-refractivity contribution < 1.29 is 30.0 Å². The van der Waals surface area contributed by atoms with Crippen LogP contribution in [0.15, 0.2) is 0 Å². The van der Waals surface area contributed by atoms with E-state index >= 15 is 0 Å². The number of amides is 1. The number of hydrogen-bond donors (Lipinski definition) is 5. The highest BCUT2D eigenvalue weighted by atomic mass is 16.4. The van der Waals surface area contributed by atoms with Crippen LogP contribution in [0.2, 0.25) is 0 Å². The summed E-state index contributed by atoms with van der Waals surface area (Å²) in [6.45, 7) is 6.35. The molecule has 0 saturated heterocycles. The molecule has 2 unspecified atom stereocenters. The third-order valence-corrected chi connectivity index (χ3v) is 10.8. The number of fused-ring (bicyclic) bond motifs is 5. The van der Waals surface area contributed by atoms with Crippen molar-refractivity contribution in [3.05, 3.63) is 0 Å². The first-order chi connectivity index (χ1) is 15.5. The van der Waals surface area contributed by atoms with Gasteiger partial charge in [0.1, 0.15) is 6.54 Å². The van der Waals surface area contributed by atoms with Gasteiger partial charge < -0.3 is 25.7 Å². The van der Waals surface area contributed by atoms with Gasteiger partial charge in [-0.1, -0.05) is 20.8 Å². The summed E-state index contributed by atoms with van der Waals surface area (Å²) in [5, 5.41) is 44.4. The molecule has 0 spiro atoms. The summed E-state index contributed by atoms with van der Waals surface area (Å²) in [6.07, 6.45) is 5.86. The lowest BCUT2D eigenvalue weighted by molar-refractivity contribution is -0.207. The quantitative estimate of drug-likeness (QED) is 0.410. The number of aliphatic hydroxyl groups is 3. The predicted octanol–water partition coefficient (Wildman–Crippen LogP) is 2.56. The van der Waals surface area contributed by atoms with Gasteiger partial charge in [0, 0.05) is 6.42 Å². The number of carboxylic acids is 1. The average molecular weight is 466 g/mol. The van der Waals surface area contributed by atoms with Crippen LogP contribution in [0.1, 0.15) is 78.6 Å². The molecule has 0 aliphatic heterocycles. The van der Waals surface area contributed by atoms with Gasteiger partial charge in [-0.15, -0.1) is 0 Å². The van der Waals surface area contributed by atoms with Crippen LogP contribution in [0, 0.1) is 46.3 Å². The van der Waals surface area contributed by atoms with E-state index in [4.69, 9.17) is 5.11 Å². The molecule has 0 heterocycles. The fourth-order valence-corrected chi connectivity index (χ4v) is 8.95. The Morgan fingerprint density at radius 2 is 1.76 bits per heavy atom. The van der Waals surface area contributed by atoms with Crippen molar-refractivity contribution in [2.75, 3.05) is 6.54 Å². The van der Waals surface area contributed by atoms with Gasteiger partial charge in [0.25, 0.3) is 0 Å². The van der Waals surface area contributed by atoms with E-state index in [0.29, 0.717) is 25.2 Å². The number of carbonyl (C=O) groups excluding carboxylic acids is 1. The lowest BCUT2D eigenvalue weighted by Gasteiger charge is -2.63. The zero-order valence-electron chi connectivity index (χ0n) is 20.4. The van der Waals surface area contributed by atoms with E-state index in [2.05, 4.69) is 26.1 Å². The standard InChI is InChI=1S/C26H43NO6/c1-14(4-7-22(31)27-13-23(32)33)17-5-6-18-24-19(12-21(30)26(17,18)3)25(2)9-8-16(28)10-15(25)11-20(24)29/h14-21,24,28-30H,4-13H2,1-3H3,(H,27,31)(H,32,33)/t14-,15?,16-,17-,18?,19-,20-,21+,24-,25+,26-/m1/s1. The number of carbonyl (C=O) groups is 2. The number of aliphatic hydroxyl groups excluding tert-OH is 3. The van der Waals surface area contributed by atoms with Gasteiger partial charge in [-0.25, -0.2) is 0 Å². The largest absolute Gasteiger partial charge is 0.480 e. The Bertz CT molecular complexity index is 759. The van der Waals surface area contributed by atoms with Gasteiger partial charge in [-0.05, 0) is 97.7 Å². The smallest absolute Gasteiger partial charge is 0.322 e. The molecule has 0 aromatic carbocycles. The molecule has 7 heteroatoms. The molecular weight excluding hydrogens is 422 g/mol. The van der Waals surface area contributed by atoms with Crippen molar-refractivity contribution in [3.63, 3.8) is 0 Å². The zero-order valence-corrected chi connectivity index (χ0v) is 20.4. The highest BCUT2D eigenvalue weighted by Crippen LogP contribution is 2.68. The summed E-state index contributed by atoms with van der Waals surface area (Å²) >= 11 is 0. The molecule has 0 radical (unpaired) electrons. The minimum absolute atomic E-state index is 0.0668. The van der Waals surface area contributed by atoms with Crippen LogP contribution in [0.4, 0.5) is 0 Å². The molecule has 0 aromatic rings. The van der Waals surface area contributed by atoms with Gasteiger partial charge >= 0.3 is 5.97 Å². The second-order valence-corrected chi connectivity index (χ2v) is 12.2. The molecule has 1 amide bonds. The summed E-state index contributed by atoms with van der Waals surface area (Å²) in [5.41, 5.74) is -0.214. The Balaban J connectivity index is 1.49. The normalized spacial score (nSPS) is 47.7.